The van der Waals surface area contributed by atoms with Gasteiger partial charge in [-0.3, -0.25) is 0 Å². The highest BCUT2D eigenvalue weighted by molar-refractivity contribution is 5.55. The van der Waals surface area contributed by atoms with Gasteiger partial charge in [-0.15, -0.1) is 0 Å². The fourth-order valence-corrected chi connectivity index (χ4v) is 3.80. The smallest absolute Gasteiger partial charge is 0.127 e. The molecule has 0 aliphatic carbocycles. The molecule has 0 N–H and O–H groups in total. The summed E-state index contributed by atoms with van der Waals surface area (Å²) in [5.41, 5.74) is 6.54. The lowest BCUT2D eigenvalue weighted by molar-refractivity contribution is 0.236. The molecule has 0 aliphatic rings. The topological polar surface area (TPSA) is 9.23 Å². The fraction of sp³-hybridized carbons (Fsp3) is 0.333. The minimum absolute atomic E-state index is 0.135. The molecule has 3 rings (SSSR count). The normalized spacial score (nSPS) is 11.4. The van der Waals surface area contributed by atoms with Gasteiger partial charge >= 0.3 is 0 Å². The SMILES string of the molecule is CCc1cc(C(C)C)c(OC(C)C)c(C(c2ccccc2)c2ccccc2)c1. The Kier molecular flexibility index (Phi) is 6.57. The molecule has 0 atom stereocenters. The monoisotopic (exact) mass is 372 g/mol. The van der Waals surface area contributed by atoms with Gasteiger partial charge in [0.1, 0.15) is 5.75 Å². The van der Waals surface area contributed by atoms with Gasteiger partial charge in [0, 0.05) is 11.5 Å². The maximum Gasteiger partial charge on any atom is 0.127 e. The third-order valence-corrected chi connectivity index (χ3v) is 5.17. The minimum atomic E-state index is 0.135. The molecule has 0 unspecified atom stereocenters. The number of aryl methyl sites for hydroxylation is 1. The van der Waals surface area contributed by atoms with Crippen molar-refractivity contribution in [2.24, 2.45) is 0 Å². The summed E-state index contributed by atoms with van der Waals surface area (Å²) >= 11 is 0. The molecule has 0 amide bonds. The van der Waals surface area contributed by atoms with Crippen molar-refractivity contribution in [2.75, 3.05) is 0 Å². The van der Waals surface area contributed by atoms with E-state index in [1.807, 2.05) is 0 Å². The van der Waals surface area contributed by atoms with Gasteiger partial charge in [-0.2, -0.15) is 0 Å². The van der Waals surface area contributed by atoms with Crippen molar-refractivity contribution in [3.8, 4) is 5.75 Å². The van der Waals surface area contributed by atoms with Crippen LogP contribution in [0.2, 0.25) is 0 Å². The first-order valence-corrected chi connectivity index (χ1v) is 10.4. The lowest BCUT2D eigenvalue weighted by Gasteiger charge is -2.27. The number of hydrogen-bond acceptors (Lipinski definition) is 1. The molecule has 0 saturated carbocycles. The van der Waals surface area contributed by atoms with E-state index < -0.39 is 0 Å². The molecule has 1 nitrogen and oxygen atoms in total. The average Bonchev–Trinajstić information content (AvgIpc) is 2.70. The number of rotatable bonds is 7. The molecule has 3 aromatic rings. The van der Waals surface area contributed by atoms with E-state index in [-0.39, 0.29) is 12.0 Å². The van der Waals surface area contributed by atoms with E-state index in [9.17, 15) is 0 Å². The maximum absolute atomic E-state index is 6.46. The van der Waals surface area contributed by atoms with Crippen molar-refractivity contribution < 1.29 is 4.74 Å². The van der Waals surface area contributed by atoms with E-state index in [1.165, 1.54) is 27.8 Å². The van der Waals surface area contributed by atoms with E-state index in [1.54, 1.807) is 0 Å². The van der Waals surface area contributed by atoms with Crippen molar-refractivity contribution in [1.29, 1.82) is 0 Å². The van der Waals surface area contributed by atoms with Crippen LogP contribution in [0, 0.1) is 0 Å². The largest absolute Gasteiger partial charge is 0.490 e. The highest BCUT2D eigenvalue weighted by Crippen LogP contribution is 2.42. The number of hydrogen-bond donors (Lipinski definition) is 0. The van der Waals surface area contributed by atoms with Crippen LogP contribution in [-0.2, 0) is 6.42 Å². The molecule has 0 fully saturated rings. The first kappa shape index (κ1) is 20.2. The van der Waals surface area contributed by atoms with E-state index in [0.717, 1.165) is 12.2 Å². The van der Waals surface area contributed by atoms with Crippen molar-refractivity contribution >= 4 is 0 Å². The lowest BCUT2D eigenvalue weighted by atomic mass is 9.81. The summed E-state index contributed by atoms with van der Waals surface area (Å²) in [7, 11) is 0. The predicted octanol–water partition coefficient (Wildman–Crippen LogP) is 7.34. The van der Waals surface area contributed by atoms with Crippen LogP contribution in [0.1, 0.15) is 74.3 Å². The van der Waals surface area contributed by atoms with Crippen molar-refractivity contribution in [3.63, 3.8) is 0 Å². The Morgan fingerprint density at radius 2 is 1.21 bits per heavy atom. The zero-order valence-electron chi connectivity index (χ0n) is 17.8. The van der Waals surface area contributed by atoms with Crippen molar-refractivity contribution in [3.05, 3.63) is 101 Å². The molecular weight excluding hydrogens is 340 g/mol. The fourth-order valence-electron chi connectivity index (χ4n) is 3.80. The second-order valence-corrected chi connectivity index (χ2v) is 8.03. The summed E-state index contributed by atoms with van der Waals surface area (Å²) in [4.78, 5) is 0. The molecule has 0 saturated heterocycles. The Balaban J connectivity index is 2.31. The molecule has 28 heavy (non-hydrogen) atoms. The zero-order chi connectivity index (χ0) is 20.1. The molecule has 0 radical (unpaired) electrons. The van der Waals surface area contributed by atoms with Crippen molar-refractivity contribution in [1.82, 2.24) is 0 Å². The molecule has 0 aromatic heterocycles. The summed E-state index contributed by atoms with van der Waals surface area (Å²) in [6.45, 7) is 11.0. The first-order valence-electron chi connectivity index (χ1n) is 10.4. The van der Waals surface area contributed by atoms with Gasteiger partial charge in [0.25, 0.3) is 0 Å². The molecule has 0 spiro atoms. The molecular formula is C27H32O. The Morgan fingerprint density at radius 3 is 1.64 bits per heavy atom. The summed E-state index contributed by atoms with van der Waals surface area (Å²) in [6.07, 6.45) is 1.15. The second kappa shape index (κ2) is 9.10. The molecule has 0 heterocycles. The molecule has 3 aromatic carbocycles. The summed E-state index contributed by atoms with van der Waals surface area (Å²) in [5.74, 6) is 1.62. The Labute approximate surface area is 170 Å². The zero-order valence-corrected chi connectivity index (χ0v) is 17.8. The van der Waals surface area contributed by atoms with E-state index >= 15 is 0 Å². The van der Waals surface area contributed by atoms with Crippen LogP contribution in [0.5, 0.6) is 5.75 Å². The van der Waals surface area contributed by atoms with Crippen LogP contribution in [0.15, 0.2) is 72.8 Å². The number of benzene rings is 3. The minimum Gasteiger partial charge on any atom is -0.490 e. The maximum atomic E-state index is 6.46. The summed E-state index contributed by atoms with van der Waals surface area (Å²) in [6, 6.07) is 26.3. The predicted molar refractivity (Wildman–Crippen MR) is 120 cm³/mol. The third kappa shape index (κ3) is 4.47. The van der Waals surface area contributed by atoms with Gasteiger partial charge in [-0.25, -0.2) is 0 Å². The Morgan fingerprint density at radius 1 is 0.714 bits per heavy atom. The highest BCUT2D eigenvalue weighted by atomic mass is 16.5. The summed E-state index contributed by atoms with van der Waals surface area (Å²) in [5, 5.41) is 0. The van der Waals surface area contributed by atoms with Crippen LogP contribution in [0.3, 0.4) is 0 Å². The van der Waals surface area contributed by atoms with Crippen LogP contribution in [0.4, 0.5) is 0 Å². The Hall–Kier alpha value is -2.54. The molecule has 0 aliphatic heterocycles. The van der Waals surface area contributed by atoms with Crippen molar-refractivity contribution in [2.45, 2.75) is 59.0 Å². The van der Waals surface area contributed by atoms with Gasteiger partial charge in [0.05, 0.1) is 6.10 Å². The van der Waals surface area contributed by atoms with Gasteiger partial charge in [0.2, 0.25) is 0 Å². The van der Waals surface area contributed by atoms with Crippen LogP contribution in [0.25, 0.3) is 0 Å². The molecule has 0 bridgehead atoms. The molecule has 146 valence electrons. The standard InChI is InChI=1S/C27H32O/c1-6-21-17-24(19(2)3)27(28-20(4)5)25(18-21)26(22-13-9-7-10-14-22)23-15-11-8-12-16-23/h7-20,26H,6H2,1-5H3. The summed E-state index contributed by atoms with van der Waals surface area (Å²) < 4.78 is 6.46. The van der Waals surface area contributed by atoms with Gasteiger partial charge in [-0.05, 0) is 48.4 Å². The first-order chi connectivity index (χ1) is 13.5. The average molecular weight is 373 g/mol. The van der Waals surface area contributed by atoms with Crippen LogP contribution >= 0.6 is 0 Å². The molecule has 1 heteroatoms. The third-order valence-electron chi connectivity index (χ3n) is 5.17. The van der Waals surface area contributed by atoms with Crippen LogP contribution < -0.4 is 4.74 Å². The van der Waals surface area contributed by atoms with E-state index in [0.29, 0.717) is 5.92 Å². The van der Waals surface area contributed by atoms with Gasteiger partial charge < -0.3 is 4.74 Å². The van der Waals surface area contributed by atoms with E-state index in [2.05, 4.69) is 107 Å². The Bertz CT molecular complexity index is 839. The van der Waals surface area contributed by atoms with Gasteiger partial charge in [-0.1, -0.05) is 93.6 Å². The van der Waals surface area contributed by atoms with Gasteiger partial charge in [0.15, 0.2) is 0 Å². The second-order valence-electron chi connectivity index (χ2n) is 8.03. The quantitative estimate of drug-likeness (QED) is 0.394. The lowest BCUT2D eigenvalue weighted by Crippen LogP contribution is -2.14. The van der Waals surface area contributed by atoms with Crippen LogP contribution in [-0.4, -0.2) is 6.10 Å². The highest BCUT2D eigenvalue weighted by Gasteiger charge is 2.25. The van der Waals surface area contributed by atoms with E-state index in [4.69, 9.17) is 4.74 Å². The number of ether oxygens (including phenoxy) is 1.